The van der Waals surface area contributed by atoms with Gasteiger partial charge in [0.15, 0.2) is 10.4 Å². The molecule has 0 radical (unpaired) electrons. The normalized spacial score (nSPS) is 13.3. The number of hydrogen-bond acceptors (Lipinski definition) is 4. The molecule has 0 amide bonds. The molecule has 7 heteroatoms. The van der Waals surface area contributed by atoms with Crippen LogP contribution in [-0.2, 0) is 16.6 Å². The van der Waals surface area contributed by atoms with Gasteiger partial charge in [0.1, 0.15) is 5.75 Å². The summed E-state index contributed by atoms with van der Waals surface area (Å²) in [5.74, 6) is 1.15. The Kier molecular flexibility index (Phi) is 3.85. The molecular formula is C18H14BrNO4S. The van der Waals surface area contributed by atoms with Crippen LogP contribution in [0.2, 0.25) is 0 Å². The third kappa shape index (κ3) is 2.63. The summed E-state index contributed by atoms with van der Waals surface area (Å²) < 4.78 is 39.1. The van der Waals surface area contributed by atoms with E-state index in [4.69, 9.17) is 9.15 Å². The molecule has 0 saturated carbocycles. The number of nitrogens with zero attached hydrogens (tertiary/aromatic N) is 1. The smallest absolute Gasteiger partial charge is 0.264 e. The summed E-state index contributed by atoms with van der Waals surface area (Å²) in [6, 6.07) is 15.7. The number of rotatable bonds is 3. The highest BCUT2D eigenvalue weighted by molar-refractivity contribution is 9.10. The molecule has 2 aromatic carbocycles. The number of methoxy groups -OCH3 is 1. The first-order chi connectivity index (χ1) is 12.0. The minimum Gasteiger partial charge on any atom is -0.497 e. The molecule has 0 unspecified atom stereocenters. The Balaban J connectivity index is 1.85. The molecule has 25 heavy (non-hydrogen) atoms. The van der Waals surface area contributed by atoms with E-state index in [1.807, 2.05) is 24.3 Å². The molecular weight excluding hydrogens is 406 g/mol. The second-order valence-electron chi connectivity index (χ2n) is 5.61. The van der Waals surface area contributed by atoms with Crippen LogP contribution in [0.3, 0.4) is 0 Å². The zero-order valence-corrected chi connectivity index (χ0v) is 15.7. The molecule has 128 valence electrons. The van der Waals surface area contributed by atoms with Gasteiger partial charge in [0, 0.05) is 11.6 Å². The van der Waals surface area contributed by atoms with Crippen LogP contribution >= 0.6 is 15.9 Å². The van der Waals surface area contributed by atoms with Gasteiger partial charge in [-0.1, -0.05) is 24.3 Å². The Morgan fingerprint density at radius 3 is 2.56 bits per heavy atom. The molecule has 0 atom stereocenters. The van der Waals surface area contributed by atoms with Crippen molar-refractivity contribution in [3.8, 4) is 17.1 Å². The van der Waals surface area contributed by atoms with Gasteiger partial charge in [-0.2, -0.15) is 0 Å². The Bertz CT molecular complexity index is 1040. The molecule has 1 aromatic heterocycles. The number of hydrogen-bond donors (Lipinski definition) is 0. The van der Waals surface area contributed by atoms with Gasteiger partial charge >= 0.3 is 0 Å². The van der Waals surface area contributed by atoms with Crippen molar-refractivity contribution in [3.63, 3.8) is 0 Å². The van der Waals surface area contributed by atoms with Crippen molar-refractivity contribution in [2.24, 2.45) is 0 Å². The zero-order chi connectivity index (χ0) is 17.6. The van der Waals surface area contributed by atoms with Gasteiger partial charge in [-0.3, -0.25) is 4.31 Å². The Hall–Kier alpha value is -2.25. The fourth-order valence-corrected chi connectivity index (χ4v) is 4.76. The molecule has 1 aliphatic rings. The quantitative estimate of drug-likeness (QED) is 0.629. The number of sulfonamides is 1. The number of furan rings is 1. The Labute approximate surface area is 154 Å². The topological polar surface area (TPSA) is 59.8 Å². The summed E-state index contributed by atoms with van der Waals surface area (Å²) in [6.45, 7) is 0.253. The van der Waals surface area contributed by atoms with Gasteiger partial charge in [-0.15, -0.1) is 0 Å². The van der Waals surface area contributed by atoms with E-state index in [1.165, 1.54) is 4.31 Å². The lowest BCUT2D eigenvalue weighted by Crippen LogP contribution is -2.32. The lowest BCUT2D eigenvalue weighted by atomic mass is 10.0. The number of ether oxygens (including phenoxy) is 1. The van der Waals surface area contributed by atoms with Gasteiger partial charge in [-0.05, 0) is 45.8 Å². The predicted molar refractivity (Wildman–Crippen MR) is 98.2 cm³/mol. The van der Waals surface area contributed by atoms with E-state index in [0.29, 0.717) is 21.9 Å². The first kappa shape index (κ1) is 16.2. The van der Waals surface area contributed by atoms with Crippen molar-refractivity contribution in [1.82, 2.24) is 0 Å². The molecule has 0 bridgehead atoms. The fourth-order valence-electron chi connectivity index (χ4n) is 2.94. The van der Waals surface area contributed by atoms with Crippen molar-refractivity contribution >= 4 is 31.6 Å². The van der Waals surface area contributed by atoms with E-state index in [0.717, 1.165) is 11.1 Å². The van der Waals surface area contributed by atoms with E-state index in [-0.39, 0.29) is 11.4 Å². The third-order valence-electron chi connectivity index (χ3n) is 4.17. The van der Waals surface area contributed by atoms with Crippen LogP contribution in [0.5, 0.6) is 5.75 Å². The van der Waals surface area contributed by atoms with E-state index in [9.17, 15) is 8.42 Å². The van der Waals surface area contributed by atoms with Gasteiger partial charge < -0.3 is 9.15 Å². The van der Waals surface area contributed by atoms with E-state index >= 15 is 0 Å². The molecule has 0 fully saturated rings. The first-order valence-electron chi connectivity index (χ1n) is 7.55. The molecule has 3 aromatic rings. The molecule has 1 aliphatic heterocycles. The maximum absolute atomic E-state index is 13.2. The molecule has 0 spiro atoms. The second-order valence-corrected chi connectivity index (χ2v) is 8.25. The monoisotopic (exact) mass is 419 g/mol. The maximum Gasteiger partial charge on any atom is 0.264 e. The van der Waals surface area contributed by atoms with Crippen LogP contribution in [0.15, 0.2) is 68.6 Å². The van der Waals surface area contributed by atoms with Gasteiger partial charge in [0.05, 0.1) is 24.2 Å². The predicted octanol–water partition coefficient (Wildman–Crippen LogP) is 4.43. The number of benzene rings is 2. The van der Waals surface area contributed by atoms with Crippen molar-refractivity contribution < 1.29 is 17.6 Å². The molecule has 2 heterocycles. The Morgan fingerprint density at radius 1 is 1.12 bits per heavy atom. The van der Waals surface area contributed by atoms with Crippen LogP contribution in [-0.4, -0.2) is 15.5 Å². The summed E-state index contributed by atoms with van der Waals surface area (Å²) >= 11 is 3.31. The fraction of sp³-hybridized carbons (Fsp3) is 0.111. The highest BCUT2D eigenvalue weighted by Gasteiger charge is 2.34. The van der Waals surface area contributed by atoms with Crippen molar-refractivity contribution in [1.29, 1.82) is 0 Å². The summed E-state index contributed by atoms with van der Waals surface area (Å²) in [5, 5.41) is 0. The van der Waals surface area contributed by atoms with Crippen LogP contribution in [0, 0.1) is 0 Å². The zero-order valence-electron chi connectivity index (χ0n) is 13.3. The van der Waals surface area contributed by atoms with Gasteiger partial charge in [-0.25, -0.2) is 8.42 Å². The summed E-state index contributed by atoms with van der Waals surface area (Å²) in [7, 11) is -2.19. The lowest BCUT2D eigenvalue weighted by molar-refractivity contribution is 0.414. The van der Waals surface area contributed by atoms with Gasteiger partial charge in [0.25, 0.3) is 10.0 Å². The molecule has 4 rings (SSSR count). The third-order valence-corrected chi connectivity index (χ3v) is 6.34. The highest BCUT2D eigenvalue weighted by Crippen LogP contribution is 2.44. The van der Waals surface area contributed by atoms with Crippen molar-refractivity contribution in [3.05, 3.63) is 64.8 Å². The van der Waals surface area contributed by atoms with Crippen molar-refractivity contribution in [2.75, 3.05) is 11.4 Å². The summed E-state index contributed by atoms with van der Waals surface area (Å²) in [5.41, 5.74) is 2.33. The van der Waals surface area contributed by atoms with E-state index < -0.39 is 10.0 Å². The van der Waals surface area contributed by atoms with E-state index in [2.05, 4.69) is 15.9 Å². The average molecular weight is 420 g/mol. The van der Waals surface area contributed by atoms with Gasteiger partial charge in [0.2, 0.25) is 0 Å². The standard InChI is InChI=1S/C18H14BrNO4S/c1-23-13-6-8-14(9-7-13)25(21,22)20-11-12-4-2-3-5-15(12)18-16(20)10-17(19)24-18/h2-10H,11H2,1H3. The molecule has 0 N–H and O–H groups in total. The number of fused-ring (bicyclic) bond motifs is 3. The largest absolute Gasteiger partial charge is 0.497 e. The molecule has 0 aliphatic carbocycles. The van der Waals surface area contributed by atoms with Crippen LogP contribution in [0.1, 0.15) is 5.56 Å². The average Bonchev–Trinajstić information content (AvgIpc) is 3.02. The van der Waals surface area contributed by atoms with Crippen LogP contribution in [0.25, 0.3) is 11.3 Å². The lowest BCUT2D eigenvalue weighted by Gasteiger charge is -2.29. The number of anilines is 1. The number of halogens is 1. The maximum atomic E-state index is 13.2. The van der Waals surface area contributed by atoms with Crippen LogP contribution < -0.4 is 9.04 Å². The second kappa shape index (κ2) is 5.93. The van der Waals surface area contributed by atoms with Crippen LogP contribution in [0.4, 0.5) is 5.69 Å². The minimum atomic E-state index is -3.73. The minimum absolute atomic E-state index is 0.205. The summed E-state index contributed by atoms with van der Waals surface area (Å²) in [6.07, 6.45) is 0. The summed E-state index contributed by atoms with van der Waals surface area (Å²) in [4.78, 5) is 0.205. The van der Waals surface area contributed by atoms with Crippen molar-refractivity contribution in [2.45, 2.75) is 11.4 Å². The SMILES string of the molecule is COc1ccc(S(=O)(=O)N2Cc3ccccc3-c3oc(Br)cc32)cc1. The Morgan fingerprint density at radius 2 is 1.84 bits per heavy atom. The molecule has 0 saturated heterocycles. The molecule has 5 nitrogen and oxygen atoms in total. The van der Waals surface area contributed by atoms with E-state index in [1.54, 1.807) is 37.4 Å². The first-order valence-corrected chi connectivity index (χ1v) is 9.78. The highest BCUT2D eigenvalue weighted by atomic mass is 79.9.